The smallest absolute Gasteiger partial charge is 0.417 e. The average molecular weight is 457 g/mol. The highest BCUT2D eigenvalue weighted by Crippen LogP contribution is 2.60. The minimum atomic E-state index is -4.66. The molecule has 33 heavy (non-hydrogen) atoms. The molecule has 10 heteroatoms. The van der Waals surface area contributed by atoms with Gasteiger partial charge < -0.3 is 9.64 Å². The summed E-state index contributed by atoms with van der Waals surface area (Å²) >= 11 is 0. The topological polar surface area (TPSA) is 65.7 Å². The molecule has 0 bridgehead atoms. The van der Waals surface area contributed by atoms with E-state index in [1.54, 1.807) is 19.2 Å². The van der Waals surface area contributed by atoms with Gasteiger partial charge in [-0.25, -0.2) is 0 Å². The molecule has 1 aromatic rings. The van der Waals surface area contributed by atoms with Crippen molar-refractivity contribution in [2.24, 2.45) is 15.8 Å². The number of allylic oxidation sites excluding steroid dienone is 1. The summed E-state index contributed by atoms with van der Waals surface area (Å²) < 4.78 is 46.4. The van der Waals surface area contributed by atoms with Crippen LogP contribution in [0.2, 0.25) is 0 Å². The summed E-state index contributed by atoms with van der Waals surface area (Å²) in [7, 11) is 5.59. The van der Waals surface area contributed by atoms with Gasteiger partial charge in [0.15, 0.2) is 0 Å². The first-order valence-electron chi connectivity index (χ1n) is 10.8. The van der Waals surface area contributed by atoms with Crippen molar-refractivity contribution < 1.29 is 22.7 Å². The van der Waals surface area contributed by atoms with Crippen LogP contribution in [0.5, 0.6) is 5.75 Å². The molecule has 3 rings (SSSR count). The van der Waals surface area contributed by atoms with Crippen LogP contribution in [0.1, 0.15) is 45.7 Å². The predicted octanol–water partition coefficient (Wildman–Crippen LogP) is 2.54. The lowest BCUT2D eigenvalue weighted by Crippen LogP contribution is -2.78. The SMILES string of the molecule is BC1(B)C(=N/C)/C(=C\C)C(=O)N1C1C(C)(C)C(Oc2ccc(C#N)c(C(F)(F)F)c2)C1(C)C. The Morgan fingerprint density at radius 2 is 1.79 bits per heavy atom. The lowest BCUT2D eigenvalue weighted by atomic mass is 9.46. The number of carbonyl (C=O) groups is 1. The van der Waals surface area contributed by atoms with Crippen LogP contribution >= 0.6 is 0 Å². The van der Waals surface area contributed by atoms with Crippen molar-refractivity contribution in [1.82, 2.24) is 4.90 Å². The van der Waals surface area contributed by atoms with Crippen molar-refractivity contribution in [3.8, 4) is 11.8 Å². The maximum absolute atomic E-state index is 13.4. The first-order chi connectivity index (χ1) is 15.1. The molecular weight excluding hydrogens is 429 g/mol. The Morgan fingerprint density at radius 1 is 1.21 bits per heavy atom. The van der Waals surface area contributed by atoms with Gasteiger partial charge in [-0.3, -0.25) is 9.79 Å². The van der Waals surface area contributed by atoms with Gasteiger partial charge in [-0.05, 0) is 25.1 Å². The van der Waals surface area contributed by atoms with Gasteiger partial charge in [0.2, 0.25) is 0 Å². The van der Waals surface area contributed by atoms with E-state index >= 15 is 0 Å². The zero-order valence-corrected chi connectivity index (χ0v) is 20.3. The fraction of sp³-hybridized carbons (Fsp3) is 0.522. The molecule has 1 saturated carbocycles. The molecular formula is C23H28B2F3N3O2. The summed E-state index contributed by atoms with van der Waals surface area (Å²) in [5.41, 5.74) is -1.32. The number of carbonyl (C=O) groups excluding carboxylic acids is 1. The number of aliphatic imine (C=N–C) groups is 1. The molecule has 5 nitrogen and oxygen atoms in total. The second kappa shape index (κ2) is 7.68. The van der Waals surface area contributed by atoms with Gasteiger partial charge in [0, 0.05) is 29.3 Å². The third kappa shape index (κ3) is 3.56. The van der Waals surface area contributed by atoms with Gasteiger partial charge in [0.25, 0.3) is 5.91 Å². The Hall–Kier alpha value is -2.69. The normalized spacial score (nSPS) is 28.0. The molecule has 1 amide bonds. The van der Waals surface area contributed by atoms with E-state index in [0.29, 0.717) is 11.3 Å². The highest BCUT2D eigenvalue weighted by Gasteiger charge is 2.69. The fourth-order valence-corrected chi connectivity index (χ4v) is 6.16. The van der Waals surface area contributed by atoms with Crippen LogP contribution in [0, 0.1) is 22.2 Å². The summed E-state index contributed by atoms with van der Waals surface area (Å²) in [6.07, 6.45) is -3.36. The molecule has 174 valence electrons. The number of hydrogen-bond donors (Lipinski definition) is 0. The van der Waals surface area contributed by atoms with E-state index in [-0.39, 0.29) is 17.7 Å². The number of nitrogens with zero attached hydrogens (tertiary/aromatic N) is 3. The number of halogens is 3. The van der Waals surface area contributed by atoms with E-state index in [4.69, 9.17) is 10.00 Å². The van der Waals surface area contributed by atoms with E-state index in [1.165, 1.54) is 6.07 Å². The fourth-order valence-electron chi connectivity index (χ4n) is 6.16. The van der Waals surface area contributed by atoms with Crippen LogP contribution in [0.4, 0.5) is 13.2 Å². The standard InChI is InChI=1S/C23H28B2F3N3O2/c1-7-14-16(30-6)22(24,25)31(17(14)32)18-20(2,3)19(21(18,4)5)33-13-9-8-12(11-29)15(10-13)23(26,27)28/h7-10,18-19H,24-25H2,1-6H3/b14-7+,30-16+. The van der Waals surface area contributed by atoms with Crippen LogP contribution in [0.3, 0.4) is 0 Å². The van der Waals surface area contributed by atoms with Crippen molar-refractivity contribution in [3.63, 3.8) is 0 Å². The molecule has 2 aliphatic rings. The number of likely N-dealkylation sites (tertiary alicyclic amines) is 1. The number of rotatable bonds is 3. The van der Waals surface area contributed by atoms with Gasteiger partial charge >= 0.3 is 6.18 Å². The van der Waals surface area contributed by atoms with Crippen LogP contribution in [-0.2, 0) is 11.0 Å². The van der Waals surface area contributed by atoms with E-state index in [9.17, 15) is 18.0 Å². The highest BCUT2D eigenvalue weighted by molar-refractivity contribution is 6.60. The second-order valence-electron chi connectivity index (χ2n) is 10.4. The summed E-state index contributed by atoms with van der Waals surface area (Å²) in [6, 6.07) is 4.73. The molecule has 0 N–H and O–H groups in total. The molecule has 1 aromatic carbocycles. The number of amides is 1. The zero-order valence-electron chi connectivity index (χ0n) is 20.3. The number of ether oxygens (including phenoxy) is 1. The Labute approximate surface area is 194 Å². The number of hydrogen-bond acceptors (Lipinski definition) is 4. The van der Waals surface area contributed by atoms with Gasteiger partial charge in [0.1, 0.15) is 27.5 Å². The van der Waals surface area contributed by atoms with Gasteiger partial charge in [-0.1, -0.05) is 33.8 Å². The Kier molecular flexibility index (Phi) is 5.80. The number of nitriles is 1. The van der Waals surface area contributed by atoms with Crippen LogP contribution in [0.25, 0.3) is 0 Å². The average Bonchev–Trinajstić information content (AvgIpc) is 2.89. The molecule has 0 radical (unpaired) electrons. The van der Waals surface area contributed by atoms with Gasteiger partial charge in [0.05, 0.1) is 28.5 Å². The van der Waals surface area contributed by atoms with Gasteiger partial charge in [-0.15, -0.1) is 0 Å². The first kappa shape index (κ1) is 24.9. The van der Waals surface area contributed by atoms with E-state index < -0.39 is 39.6 Å². The minimum absolute atomic E-state index is 0.0443. The maximum atomic E-state index is 13.4. The first-order valence-corrected chi connectivity index (χ1v) is 10.8. The quantitative estimate of drug-likeness (QED) is 0.518. The molecule has 1 aliphatic heterocycles. The zero-order chi connectivity index (χ0) is 25.1. The highest BCUT2D eigenvalue weighted by atomic mass is 19.4. The second-order valence-corrected chi connectivity index (χ2v) is 10.4. The van der Waals surface area contributed by atoms with Crippen molar-refractivity contribution in [1.29, 1.82) is 5.26 Å². The Bertz CT molecular complexity index is 1090. The Balaban J connectivity index is 1.99. The summed E-state index contributed by atoms with van der Waals surface area (Å²) in [6.45, 7) is 9.65. The van der Waals surface area contributed by atoms with Crippen LogP contribution < -0.4 is 4.74 Å². The Morgan fingerprint density at radius 3 is 2.21 bits per heavy atom. The summed E-state index contributed by atoms with van der Waals surface area (Å²) in [5.74, 6) is -0.0617. The van der Waals surface area contributed by atoms with Gasteiger partial charge in [-0.2, -0.15) is 18.4 Å². The molecule has 0 spiro atoms. The third-order valence-electron chi connectivity index (χ3n) is 7.09. The lowest BCUT2D eigenvalue weighted by Gasteiger charge is -2.67. The maximum Gasteiger partial charge on any atom is 0.417 e. The van der Waals surface area contributed by atoms with E-state index in [2.05, 4.69) is 4.99 Å². The molecule has 0 atom stereocenters. The predicted molar refractivity (Wildman–Crippen MR) is 126 cm³/mol. The molecule has 0 unspecified atom stereocenters. The molecule has 1 aliphatic carbocycles. The number of benzene rings is 1. The van der Waals surface area contributed by atoms with Crippen molar-refractivity contribution in [2.45, 2.75) is 58.3 Å². The van der Waals surface area contributed by atoms with Crippen molar-refractivity contribution in [2.75, 3.05) is 7.05 Å². The van der Waals surface area contributed by atoms with Crippen molar-refractivity contribution >= 4 is 27.3 Å². The monoisotopic (exact) mass is 457 g/mol. The summed E-state index contributed by atoms with van der Waals surface area (Å²) in [5, 5.41) is 8.41. The minimum Gasteiger partial charge on any atom is -0.489 e. The molecule has 0 aromatic heterocycles. The number of alkyl halides is 3. The third-order valence-corrected chi connectivity index (χ3v) is 7.09. The van der Waals surface area contributed by atoms with Crippen LogP contribution in [0.15, 0.2) is 34.8 Å². The van der Waals surface area contributed by atoms with Crippen LogP contribution in [-0.4, -0.2) is 56.7 Å². The lowest BCUT2D eigenvalue weighted by molar-refractivity contribution is -0.210. The van der Waals surface area contributed by atoms with E-state index in [0.717, 1.165) is 12.1 Å². The summed E-state index contributed by atoms with van der Waals surface area (Å²) in [4.78, 5) is 19.6. The largest absolute Gasteiger partial charge is 0.489 e. The van der Waals surface area contributed by atoms with Crippen molar-refractivity contribution in [3.05, 3.63) is 41.0 Å². The molecule has 1 heterocycles. The van der Waals surface area contributed by atoms with E-state index in [1.807, 2.05) is 55.2 Å². The molecule has 1 saturated heterocycles. The molecule has 2 fully saturated rings.